The summed E-state index contributed by atoms with van der Waals surface area (Å²) >= 11 is 0. The number of nitro benzene ring substituents is 1. The van der Waals surface area contributed by atoms with Gasteiger partial charge in [-0.15, -0.1) is 0 Å². The highest BCUT2D eigenvalue weighted by Crippen LogP contribution is 2.22. The quantitative estimate of drug-likeness (QED) is 0.570. The summed E-state index contributed by atoms with van der Waals surface area (Å²) in [4.78, 5) is 12.4. The fourth-order valence-electron chi connectivity index (χ4n) is 2.97. The van der Waals surface area contributed by atoms with E-state index in [2.05, 4.69) is 10.00 Å². The van der Waals surface area contributed by atoms with Crippen molar-refractivity contribution in [1.29, 1.82) is 0 Å². The largest absolute Gasteiger partial charge is 0.296 e. The first-order valence-electron chi connectivity index (χ1n) is 8.23. The number of nitro groups is 1. The number of piperazine rings is 1. The van der Waals surface area contributed by atoms with Crippen molar-refractivity contribution in [2.45, 2.75) is 18.4 Å². The molecule has 0 radical (unpaired) electrons. The van der Waals surface area contributed by atoms with Crippen LogP contribution in [0.1, 0.15) is 11.3 Å². The molecule has 1 aromatic carbocycles. The molecule has 0 atom stereocenters. The topological polar surface area (TPSA) is 102 Å². The van der Waals surface area contributed by atoms with Gasteiger partial charge in [-0.25, -0.2) is 8.42 Å². The minimum absolute atomic E-state index is 0.0387. The summed E-state index contributed by atoms with van der Waals surface area (Å²) in [5.74, 6) is 0. The molecule has 2 aromatic rings. The lowest BCUT2D eigenvalue weighted by molar-refractivity contribution is -0.385. The van der Waals surface area contributed by atoms with Gasteiger partial charge in [0.2, 0.25) is 10.0 Å². The van der Waals surface area contributed by atoms with Crippen LogP contribution in [0.3, 0.4) is 0 Å². The first-order chi connectivity index (χ1) is 12.3. The van der Waals surface area contributed by atoms with Gasteiger partial charge < -0.3 is 0 Å². The van der Waals surface area contributed by atoms with Crippen molar-refractivity contribution in [3.05, 3.63) is 51.8 Å². The SMILES string of the molecule is Cc1c(CN2CCN(S(=O)(=O)c3cccc([N+](=O)[O-])c3)CC2)cnn1C. The Balaban J connectivity index is 1.68. The summed E-state index contributed by atoms with van der Waals surface area (Å²) in [6, 6.07) is 5.19. The zero-order valence-electron chi connectivity index (χ0n) is 14.7. The molecule has 1 aliphatic heterocycles. The van der Waals surface area contributed by atoms with Crippen LogP contribution in [0.4, 0.5) is 5.69 Å². The molecule has 1 fully saturated rings. The first-order valence-corrected chi connectivity index (χ1v) is 9.67. The molecule has 0 aliphatic carbocycles. The number of aryl methyl sites for hydroxylation is 1. The fraction of sp³-hybridized carbons (Fsp3) is 0.438. The highest BCUT2D eigenvalue weighted by Gasteiger charge is 2.29. The number of nitrogens with zero attached hydrogens (tertiary/aromatic N) is 5. The van der Waals surface area contributed by atoms with Gasteiger partial charge in [0.25, 0.3) is 5.69 Å². The molecule has 10 heteroatoms. The molecule has 140 valence electrons. The highest BCUT2D eigenvalue weighted by molar-refractivity contribution is 7.89. The van der Waals surface area contributed by atoms with E-state index in [1.807, 2.05) is 24.9 Å². The van der Waals surface area contributed by atoms with Crippen LogP contribution < -0.4 is 0 Å². The summed E-state index contributed by atoms with van der Waals surface area (Å²) in [5, 5.41) is 15.1. The minimum atomic E-state index is -3.73. The van der Waals surface area contributed by atoms with Crippen LogP contribution in [0.25, 0.3) is 0 Å². The maximum atomic E-state index is 12.8. The van der Waals surface area contributed by atoms with E-state index in [4.69, 9.17) is 0 Å². The molecule has 0 unspecified atom stereocenters. The van der Waals surface area contributed by atoms with E-state index in [0.717, 1.165) is 23.9 Å². The number of aromatic nitrogens is 2. The monoisotopic (exact) mass is 379 g/mol. The van der Waals surface area contributed by atoms with Gasteiger partial charge in [-0.1, -0.05) is 6.07 Å². The van der Waals surface area contributed by atoms with Crippen LogP contribution in [0.2, 0.25) is 0 Å². The van der Waals surface area contributed by atoms with Gasteiger partial charge in [-0.2, -0.15) is 9.40 Å². The van der Waals surface area contributed by atoms with Crippen LogP contribution in [0.5, 0.6) is 0 Å². The Morgan fingerprint density at radius 3 is 2.50 bits per heavy atom. The van der Waals surface area contributed by atoms with E-state index in [1.54, 1.807) is 0 Å². The molecule has 1 aliphatic rings. The molecular formula is C16H21N5O4S. The second-order valence-corrected chi connectivity index (χ2v) is 8.25. The Morgan fingerprint density at radius 1 is 1.23 bits per heavy atom. The Morgan fingerprint density at radius 2 is 1.92 bits per heavy atom. The van der Waals surface area contributed by atoms with E-state index in [0.29, 0.717) is 26.2 Å². The lowest BCUT2D eigenvalue weighted by atomic mass is 10.2. The Kier molecular flexibility index (Phi) is 5.08. The van der Waals surface area contributed by atoms with Crippen molar-refractivity contribution in [2.75, 3.05) is 26.2 Å². The van der Waals surface area contributed by atoms with Crippen molar-refractivity contribution in [3.63, 3.8) is 0 Å². The maximum Gasteiger partial charge on any atom is 0.270 e. The lowest BCUT2D eigenvalue weighted by Crippen LogP contribution is -2.48. The Hall–Kier alpha value is -2.30. The molecule has 1 saturated heterocycles. The highest BCUT2D eigenvalue weighted by atomic mass is 32.2. The number of rotatable bonds is 5. The third-order valence-electron chi connectivity index (χ3n) is 4.73. The van der Waals surface area contributed by atoms with Crippen molar-refractivity contribution in [3.8, 4) is 0 Å². The lowest BCUT2D eigenvalue weighted by Gasteiger charge is -2.33. The molecule has 0 bridgehead atoms. The summed E-state index contributed by atoms with van der Waals surface area (Å²) < 4.78 is 28.7. The van der Waals surface area contributed by atoms with Crippen LogP contribution in [0, 0.1) is 17.0 Å². The van der Waals surface area contributed by atoms with Gasteiger partial charge in [0.1, 0.15) is 0 Å². The summed E-state index contributed by atoms with van der Waals surface area (Å²) in [5.41, 5.74) is 2.00. The zero-order chi connectivity index (χ0) is 18.9. The fourth-order valence-corrected chi connectivity index (χ4v) is 4.44. The van der Waals surface area contributed by atoms with Crippen molar-refractivity contribution in [2.24, 2.45) is 7.05 Å². The average Bonchev–Trinajstić information content (AvgIpc) is 2.94. The molecule has 3 rings (SSSR count). The van der Waals surface area contributed by atoms with Gasteiger partial charge in [0.15, 0.2) is 0 Å². The molecule has 26 heavy (non-hydrogen) atoms. The molecule has 0 amide bonds. The molecule has 0 N–H and O–H groups in total. The third-order valence-corrected chi connectivity index (χ3v) is 6.62. The van der Waals surface area contributed by atoms with Crippen LogP contribution in [-0.4, -0.2) is 58.5 Å². The van der Waals surface area contributed by atoms with Crippen LogP contribution >= 0.6 is 0 Å². The normalized spacial score (nSPS) is 16.7. The zero-order valence-corrected chi connectivity index (χ0v) is 15.5. The minimum Gasteiger partial charge on any atom is -0.296 e. The van der Waals surface area contributed by atoms with Gasteiger partial charge in [-0.3, -0.25) is 19.7 Å². The number of hydrogen-bond donors (Lipinski definition) is 0. The van der Waals surface area contributed by atoms with Gasteiger partial charge in [0.05, 0.1) is 16.0 Å². The Labute approximate surface area is 152 Å². The van der Waals surface area contributed by atoms with E-state index in [-0.39, 0.29) is 10.6 Å². The molecule has 0 spiro atoms. The van der Waals surface area contributed by atoms with Crippen molar-refractivity contribution >= 4 is 15.7 Å². The average molecular weight is 379 g/mol. The summed E-state index contributed by atoms with van der Waals surface area (Å²) in [6.07, 6.45) is 1.83. The Bertz CT molecular complexity index is 916. The van der Waals surface area contributed by atoms with Crippen molar-refractivity contribution in [1.82, 2.24) is 19.0 Å². The van der Waals surface area contributed by atoms with E-state index < -0.39 is 14.9 Å². The first kappa shape index (κ1) is 18.5. The maximum absolute atomic E-state index is 12.8. The molecule has 1 aromatic heterocycles. The predicted octanol–water partition coefficient (Wildman–Crippen LogP) is 1.14. The molecule has 9 nitrogen and oxygen atoms in total. The predicted molar refractivity (Wildman–Crippen MR) is 95.1 cm³/mol. The number of sulfonamides is 1. The van der Waals surface area contributed by atoms with Gasteiger partial charge >= 0.3 is 0 Å². The van der Waals surface area contributed by atoms with E-state index in [1.165, 1.54) is 22.5 Å². The number of hydrogen-bond acceptors (Lipinski definition) is 6. The molecule has 0 saturated carbocycles. The van der Waals surface area contributed by atoms with E-state index >= 15 is 0 Å². The van der Waals surface area contributed by atoms with Crippen molar-refractivity contribution < 1.29 is 13.3 Å². The smallest absolute Gasteiger partial charge is 0.270 e. The van der Waals surface area contributed by atoms with Gasteiger partial charge in [0, 0.05) is 63.2 Å². The molecular weight excluding hydrogens is 358 g/mol. The second-order valence-electron chi connectivity index (χ2n) is 6.31. The second kappa shape index (κ2) is 7.14. The van der Waals surface area contributed by atoms with Crippen LogP contribution in [0.15, 0.2) is 35.4 Å². The number of benzene rings is 1. The molecule has 2 heterocycles. The van der Waals surface area contributed by atoms with Gasteiger partial charge in [-0.05, 0) is 13.0 Å². The third kappa shape index (κ3) is 3.62. The van der Waals surface area contributed by atoms with E-state index in [9.17, 15) is 18.5 Å². The standard InChI is InChI=1S/C16H21N5O4S/c1-13-14(11-17-18(13)2)12-19-6-8-20(9-7-19)26(24,25)16-5-3-4-15(10-16)21(22)23/h3-5,10-11H,6-9,12H2,1-2H3. The van der Waals surface area contributed by atoms with Crippen LogP contribution in [-0.2, 0) is 23.6 Å². The number of non-ortho nitro benzene ring substituents is 1. The summed E-state index contributed by atoms with van der Waals surface area (Å²) in [7, 11) is -1.84. The summed E-state index contributed by atoms with van der Waals surface area (Å²) in [6.45, 7) is 4.63.